The minimum atomic E-state index is -0.329. The normalized spacial score (nSPS) is 9.77. The first-order valence-electron chi connectivity index (χ1n) is 4.78. The minimum absolute atomic E-state index is 0.0114. The van der Waals surface area contributed by atoms with Crippen LogP contribution in [0.15, 0.2) is 0 Å². The van der Waals surface area contributed by atoms with Crippen molar-refractivity contribution in [3.63, 3.8) is 0 Å². The summed E-state index contributed by atoms with van der Waals surface area (Å²) in [6.07, 6.45) is 1.64. The van der Waals surface area contributed by atoms with Gasteiger partial charge in [-0.25, -0.2) is 4.79 Å². The number of hydrogen-bond donors (Lipinski definition) is 1. The second-order valence-corrected chi connectivity index (χ2v) is 2.76. The average molecular weight is 189 g/mol. The van der Waals surface area contributed by atoms with E-state index < -0.39 is 0 Å². The number of hydrogen-bond acceptors (Lipinski definition) is 3. The molecule has 0 fully saturated rings. The molecule has 4 nitrogen and oxygen atoms in total. The zero-order valence-corrected chi connectivity index (χ0v) is 8.45. The van der Waals surface area contributed by atoms with E-state index in [-0.39, 0.29) is 12.7 Å². The largest absolute Gasteiger partial charge is 0.450 e. The molecule has 1 amide bonds. The highest BCUT2D eigenvalue weighted by Crippen LogP contribution is 1.97. The molecule has 0 aliphatic heterocycles. The van der Waals surface area contributed by atoms with Gasteiger partial charge in [-0.1, -0.05) is 13.3 Å². The van der Waals surface area contributed by atoms with Gasteiger partial charge < -0.3 is 14.7 Å². The molecule has 0 aromatic carbocycles. The summed E-state index contributed by atoms with van der Waals surface area (Å²) in [5, 5.41) is 8.70. The van der Waals surface area contributed by atoms with Gasteiger partial charge in [-0.2, -0.15) is 0 Å². The molecule has 0 spiro atoms. The second-order valence-electron chi connectivity index (χ2n) is 2.76. The van der Waals surface area contributed by atoms with Gasteiger partial charge in [0.15, 0.2) is 0 Å². The lowest BCUT2D eigenvalue weighted by Crippen LogP contribution is -2.34. The van der Waals surface area contributed by atoms with Gasteiger partial charge in [0.1, 0.15) is 0 Å². The molecular weight excluding hydrogens is 170 g/mol. The highest BCUT2D eigenvalue weighted by molar-refractivity contribution is 5.67. The lowest BCUT2D eigenvalue weighted by atomic mass is 10.3. The van der Waals surface area contributed by atoms with E-state index in [4.69, 9.17) is 9.84 Å². The number of aliphatic hydroxyl groups is 1. The number of amides is 1. The topological polar surface area (TPSA) is 49.8 Å². The van der Waals surface area contributed by atoms with Gasteiger partial charge in [-0.3, -0.25) is 0 Å². The van der Waals surface area contributed by atoms with E-state index in [1.165, 1.54) is 4.90 Å². The Morgan fingerprint density at radius 3 is 2.54 bits per heavy atom. The SMILES string of the molecule is CCCCN(CCO)C(=O)OCC. The first-order chi connectivity index (χ1) is 6.26. The summed E-state index contributed by atoms with van der Waals surface area (Å²) in [5.41, 5.74) is 0. The van der Waals surface area contributed by atoms with Gasteiger partial charge >= 0.3 is 6.09 Å². The number of carbonyl (C=O) groups excluding carboxylic acids is 1. The van der Waals surface area contributed by atoms with Gasteiger partial charge in [0.2, 0.25) is 0 Å². The molecule has 0 saturated heterocycles. The molecule has 0 unspecified atom stereocenters. The Hall–Kier alpha value is -0.770. The van der Waals surface area contributed by atoms with Crippen LogP contribution in [0.2, 0.25) is 0 Å². The fourth-order valence-electron chi connectivity index (χ4n) is 0.979. The Balaban J connectivity index is 3.83. The quantitative estimate of drug-likeness (QED) is 0.684. The minimum Gasteiger partial charge on any atom is -0.450 e. The molecule has 0 bridgehead atoms. The highest BCUT2D eigenvalue weighted by Gasteiger charge is 2.12. The van der Waals surface area contributed by atoms with Crippen molar-refractivity contribution in [1.29, 1.82) is 0 Å². The van der Waals surface area contributed by atoms with Crippen LogP contribution in [-0.2, 0) is 4.74 Å². The van der Waals surface area contributed by atoms with Crippen LogP contribution in [0.25, 0.3) is 0 Å². The van der Waals surface area contributed by atoms with E-state index >= 15 is 0 Å². The van der Waals surface area contributed by atoms with Gasteiger partial charge in [0.25, 0.3) is 0 Å². The summed E-state index contributed by atoms with van der Waals surface area (Å²) >= 11 is 0. The molecule has 0 rings (SSSR count). The number of rotatable bonds is 6. The number of carbonyl (C=O) groups is 1. The number of ether oxygens (including phenoxy) is 1. The molecule has 0 saturated carbocycles. The maximum absolute atomic E-state index is 11.2. The maximum Gasteiger partial charge on any atom is 0.409 e. The molecule has 0 aromatic heterocycles. The van der Waals surface area contributed by atoms with Crippen molar-refractivity contribution < 1.29 is 14.6 Å². The van der Waals surface area contributed by atoms with E-state index in [1.54, 1.807) is 6.92 Å². The van der Waals surface area contributed by atoms with Crippen LogP contribution < -0.4 is 0 Å². The van der Waals surface area contributed by atoms with Crippen molar-refractivity contribution in [2.45, 2.75) is 26.7 Å². The second kappa shape index (κ2) is 7.86. The van der Waals surface area contributed by atoms with E-state index in [1.807, 2.05) is 0 Å². The molecule has 0 aromatic rings. The monoisotopic (exact) mass is 189 g/mol. The molecule has 4 heteroatoms. The van der Waals surface area contributed by atoms with Crippen LogP contribution in [0.3, 0.4) is 0 Å². The van der Waals surface area contributed by atoms with Crippen LogP contribution in [0.5, 0.6) is 0 Å². The first-order valence-corrected chi connectivity index (χ1v) is 4.78. The van der Waals surface area contributed by atoms with Gasteiger partial charge in [0, 0.05) is 13.1 Å². The maximum atomic E-state index is 11.2. The van der Waals surface area contributed by atoms with E-state index in [2.05, 4.69) is 6.92 Å². The standard InChI is InChI=1S/C9H19NO3/c1-3-5-6-10(7-8-11)9(12)13-4-2/h11H,3-8H2,1-2H3. The summed E-state index contributed by atoms with van der Waals surface area (Å²) in [6, 6.07) is 0. The lowest BCUT2D eigenvalue weighted by Gasteiger charge is -2.20. The lowest BCUT2D eigenvalue weighted by molar-refractivity contribution is 0.0978. The van der Waals surface area contributed by atoms with Crippen molar-refractivity contribution in [3.05, 3.63) is 0 Å². The Labute approximate surface area is 79.5 Å². The third kappa shape index (κ3) is 5.47. The summed E-state index contributed by atoms with van der Waals surface area (Å²) in [7, 11) is 0. The molecule has 0 aliphatic rings. The molecule has 0 aliphatic carbocycles. The van der Waals surface area contributed by atoms with Crippen molar-refractivity contribution in [2.24, 2.45) is 0 Å². The predicted octanol–water partition coefficient (Wildman–Crippen LogP) is 1.24. The smallest absolute Gasteiger partial charge is 0.409 e. The molecule has 13 heavy (non-hydrogen) atoms. The zero-order chi connectivity index (χ0) is 10.1. The van der Waals surface area contributed by atoms with Crippen molar-refractivity contribution in [2.75, 3.05) is 26.3 Å². The third-order valence-corrected chi connectivity index (χ3v) is 1.68. The molecule has 0 atom stereocenters. The predicted molar refractivity (Wildman–Crippen MR) is 50.6 cm³/mol. The zero-order valence-electron chi connectivity index (χ0n) is 8.45. The fourth-order valence-corrected chi connectivity index (χ4v) is 0.979. The van der Waals surface area contributed by atoms with Crippen LogP contribution >= 0.6 is 0 Å². The molecule has 78 valence electrons. The fraction of sp³-hybridized carbons (Fsp3) is 0.889. The van der Waals surface area contributed by atoms with E-state index in [9.17, 15) is 4.79 Å². The summed E-state index contributed by atoms with van der Waals surface area (Å²) in [5.74, 6) is 0. The summed E-state index contributed by atoms with van der Waals surface area (Å²) < 4.78 is 4.83. The number of nitrogens with zero attached hydrogens (tertiary/aromatic N) is 1. The van der Waals surface area contributed by atoms with Crippen LogP contribution in [0.1, 0.15) is 26.7 Å². The number of unbranched alkanes of at least 4 members (excludes halogenated alkanes) is 1. The van der Waals surface area contributed by atoms with Gasteiger partial charge in [0.05, 0.1) is 13.2 Å². The molecule has 0 radical (unpaired) electrons. The average Bonchev–Trinajstić information content (AvgIpc) is 2.12. The Bertz CT molecular complexity index is 139. The van der Waals surface area contributed by atoms with Crippen LogP contribution in [-0.4, -0.2) is 42.4 Å². The number of aliphatic hydroxyl groups excluding tert-OH is 1. The van der Waals surface area contributed by atoms with E-state index in [0.29, 0.717) is 19.7 Å². The van der Waals surface area contributed by atoms with Gasteiger partial charge in [-0.15, -0.1) is 0 Å². The first kappa shape index (κ1) is 12.2. The summed E-state index contributed by atoms with van der Waals surface area (Å²) in [6.45, 7) is 5.22. The Kier molecular flexibility index (Phi) is 7.39. The third-order valence-electron chi connectivity index (χ3n) is 1.68. The van der Waals surface area contributed by atoms with Crippen molar-refractivity contribution >= 4 is 6.09 Å². The van der Waals surface area contributed by atoms with Gasteiger partial charge in [-0.05, 0) is 13.3 Å². The van der Waals surface area contributed by atoms with Crippen LogP contribution in [0, 0.1) is 0 Å². The van der Waals surface area contributed by atoms with Crippen molar-refractivity contribution in [3.8, 4) is 0 Å². The molecule has 0 heterocycles. The Morgan fingerprint density at radius 2 is 2.08 bits per heavy atom. The Morgan fingerprint density at radius 1 is 1.38 bits per heavy atom. The molecule has 1 N–H and O–H groups in total. The van der Waals surface area contributed by atoms with Crippen LogP contribution in [0.4, 0.5) is 4.79 Å². The summed E-state index contributed by atoms with van der Waals surface area (Å²) in [4.78, 5) is 12.8. The van der Waals surface area contributed by atoms with E-state index in [0.717, 1.165) is 12.8 Å². The molecular formula is C9H19NO3. The van der Waals surface area contributed by atoms with Crippen molar-refractivity contribution in [1.82, 2.24) is 4.90 Å². The highest BCUT2D eigenvalue weighted by atomic mass is 16.6.